The Morgan fingerprint density at radius 3 is 2.87 bits per heavy atom. The van der Waals surface area contributed by atoms with Gasteiger partial charge < -0.3 is 14.4 Å². The highest BCUT2D eigenvalue weighted by Gasteiger charge is 2.25. The summed E-state index contributed by atoms with van der Waals surface area (Å²) < 4.78 is 4.60. The van der Waals surface area contributed by atoms with Crippen LogP contribution in [-0.4, -0.2) is 35.1 Å². The van der Waals surface area contributed by atoms with Crippen LogP contribution in [-0.2, 0) is 0 Å². The van der Waals surface area contributed by atoms with Crippen LogP contribution in [0.5, 0.6) is 0 Å². The average molecular weight is 209 g/mol. The molecule has 15 heavy (non-hydrogen) atoms. The first-order chi connectivity index (χ1) is 7.16. The number of hydrogen-bond acceptors (Lipinski definition) is 4. The molecule has 0 bridgehead atoms. The molecule has 1 atom stereocenters. The Labute approximate surface area is 85.9 Å². The lowest BCUT2D eigenvalue weighted by atomic mass is 10.2. The summed E-state index contributed by atoms with van der Waals surface area (Å²) in [6.45, 7) is 0.886. The Kier molecular flexibility index (Phi) is 2.55. The first-order valence-corrected chi connectivity index (χ1v) is 4.73. The second kappa shape index (κ2) is 3.86. The van der Waals surface area contributed by atoms with Crippen molar-refractivity contribution in [3.05, 3.63) is 34.4 Å². The third-order valence-corrected chi connectivity index (χ3v) is 2.40. The molecule has 0 radical (unpaired) electrons. The normalized spacial score (nSPS) is 20.6. The topological polar surface area (TPSA) is 70.8 Å². The van der Waals surface area contributed by atoms with Crippen molar-refractivity contribution in [2.45, 2.75) is 12.5 Å². The van der Waals surface area contributed by atoms with Gasteiger partial charge in [-0.1, -0.05) is 0 Å². The summed E-state index contributed by atoms with van der Waals surface area (Å²) in [5, 5.41) is 9.27. The Morgan fingerprint density at radius 2 is 2.33 bits per heavy atom. The van der Waals surface area contributed by atoms with E-state index in [1.165, 1.54) is 12.1 Å². The van der Waals surface area contributed by atoms with Gasteiger partial charge in [-0.05, 0) is 12.5 Å². The van der Waals surface area contributed by atoms with Crippen LogP contribution in [0.4, 0.5) is 0 Å². The maximum Gasteiger partial charge on any atom is 0.335 e. The first-order valence-electron chi connectivity index (χ1n) is 4.73. The highest BCUT2D eigenvalue weighted by atomic mass is 16.4. The molecule has 1 aromatic rings. The number of hydrogen-bond donors (Lipinski definition) is 1. The van der Waals surface area contributed by atoms with Crippen LogP contribution in [0.3, 0.4) is 0 Å². The van der Waals surface area contributed by atoms with Gasteiger partial charge in [-0.25, -0.2) is 4.79 Å². The smallest absolute Gasteiger partial charge is 0.335 e. The van der Waals surface area contributed by atoms with Gasteiger partial charge in [-0.2, -0.15) is 0 Å². The van der Waals surface area contributed by atoms with Crippen molar-refractivity contribution < 1.29 is 14.3 Å². The fourth-order valence-corrected chi connectivity index (χ4v) is 1.59. The monoisotopic (exact) mass is 209 g/mol. The fraction of sp³-hybridized carbons (Fsp3) is 0.400. The molecule has 1 fully saturated rings. The molecule has 80 valence electrons. The van der Waals surface area contributed by atoms with Crippen molar-refractivity contribution in [1.29, 1.82) is 0 Å². The minimum atomic E-state index is -0.479. The predicted molar refractivity (Wildman–Crippen MR) is 51.5 cm³/mol. The number of carbonyl (C=O) groups is 1. The number of β-amino-alcohol motifs (C(OH)–C–C–N with tert-alkyl or cyclic N) is 1. The van der Waals surface area contributed by atoms with Crippen LogP contribution in [0.25, 0.3) is 0 Å². The highest BCUT2D eigenvalue weighted by Crippen LogP contribution is 2.12. The average Bonchev–Trinajstić information content (AvgIpc) is 2.65. The zero-order valence-corrected chi connectivity index (χ0v) is 8.05. The molecule has 0 aliphatic carbocycles. The molecule has 5 heteroatoms. The van der Waals surface area contributed by atoms with Crippen LogP contribution in [0.2, 0.25) is 0 Å². The van der Waals surface area contributed by atoms with Crippen molar-refractivity contribution in [3.63, 3.8) is 0 Å². The quantitative estimate of drug-likeness (QED) is 0.698. The Balaban J connectivity index is 2.14. The molecule has 1 aromatic heterocycles. The van der Waals surface area contributed by atoms with Crippen molar-refractivity contribution in [3.8, 4) is 0 Å². The van der Waals surface area contributed by atoms with E-state index in [9.17, 15) is 14.7 Å². The lowest BCUT2D eigenvalue weighted by molar-refractivity contribution is 0.0762. The van der Waals surface area contributed by atoms with Gasteiger partial charge in [0, 0.05) is 19.2 Å². The minimum absolute atomic E-state index is 0.213. The Hall–Kier alpha value is -1.62. The number of rotatable bonds is 1. The molecule has 1 aliphatic rings. The fourth-order valence-electron chi connectivity index (χ4n) is 1.59. The highest BCUT2D eigenvalue weighted by molar-refractivity contribution is 5.93. The minimum Gasteiger partial charge on any atom is -0.430 e. The number of nitrogens with zero attached hydrogens (tertiary/aromatic N) is 1. The molecule has 0 unspecified atom stereocenters. The number of carbonyl (C=O) groups excluding carboxylic acids is 1. The molecule has 0 spiro atoms. The molecular formula is C10H11NO4. The zero-order valence-electron chi connectivity index (χ0n) is 8.05. The third kappa shape index (κ3) is 2.07. The molecule has 1 amide bonds. The van der Waals surface area contributed by atoms with Crippen molar-refractivity contribution >= 4 is 5.91 Å². The van der Waals surface area contributed by atoms with E-state index < -0.39 is 11.7 Å². The summed E-state index contributed by atoms with van der Waals surface area (Å²) in [5.74, 6) is -0.213. The van der Waals surface area contributed by atoms with Gasteiger partial charge in [0.1, 0.15) is 6.26 Å². The summed E-state index contributed by atoms with van der Waals surface area (Å²) in [6, 6.07) is 2.64. The SMILES string of the molecule is O=C(c1ccc(=O)oc1)N1CC[C@H](O)C1. The summed E-state index contributed by atoms with van der Waals surface area (Å²) in [7, 11) is 0. The van der Waals surface area contributed by atoms with Crippen LogP contribution < -0.4 is 5.63 Å². The molecule has 5 nitrogen and oxygen atoms in total. The zero-order chi connectivity index (χ0) is 10.8. The molecule has 0 saturated carbocycles. The Bertz CT molecular complexity index is 405. The van der Waals surface area contributed by atoms with Crippen molar-refractivity contribution in [2.75, 3.05) is 13.1 Å². The summed E-state index contributed by atoms with van der Waals surface area (Å²) in [4.78, 5) is 24.0. The predicted octanol–water partition coefficient (Wildman–Crippen LogP) is -0.153. The molecule has 2 heterocycles. The van der Waals surface area contributed by atoms with E-state index in [0.717, 1.165) is 6.26 Å². The van der Waals surface area contributed by atoms with Crippen molar-refractivity contribution in [1.82, 2.24) is 4.90 Å². The summed E-state index contributed by atoms with van der Waals surface area (Å²) in [6.07, 6.45) is 1.31. The second-order valence-electron chi connectivity index (χ2n) is 3.54. The molecule has 1 aliphatic heterocycles. The van der Waals surface area contributed by atoms with Gasteiger partial charge in [0.2, 0.25) is 0 Å². The van der Waals surface area contributed by atoms with E-state index in [4.69, 9.17) is 0 Å². The number of aliphatic hydroxyl groups excluding tert-OH is 1. The number of likely N-dealkylation sites (tertiary alicyclic amines) is 1. The molecule has 2 rings (SSSR count). The van der Waals surface area contributed by atoms with Gasteiger partial charge in [0.05, 0.1) is 11.7 Å². The van der Waals surface area contributed by atoms with Gasteiger partial charge >= 0.3 is 5.63 Å². The maximum absolute atomic E-state index is 11.8. The lowest BCUT2D eigenvalue weighted by Crippen LogP contribution is -2.29. The van der Waals surface area contributed by atoms with Gasteiger partial charge in [-0.15, -0.1) is 0 Å². The van der Waals surface area contributed by atoms with E-state index in [1.807, 2.05) is 0 Å². The van der Waals surface area contributed by atoms with Gasteiger partial charge in [0.25, 0.3) is 5.91 Å². The largest absolute Gasteiger partial charge is 0.430 e. The third-order valence-electron chi connectivity index (χ3n) is 2.40. The van der Waals surface area contributed by atoms with E-state index >= 15 is 0 Å². The summed E-state index contributed by atoms with van der Waals surface area (Å²) >= 11 is 0. The van der Waals surface area contributed by atoms with Crippen molar-refractivity contribution in [2.24, 2.45) is 0 Å². The summed E-state index contributed by atoms with van der Waals surface area (Å²) in [5.41, 5.74) is -0.142. The lowest BCUT2D eigenvalue weighted by Gasteiger charge is -2.14. The molecule has 1 N–H and O–H groups in total. The molecular weight excluding hydrogens is 198 g/mol. The van der Waals surface area contributed by atoms with E-state index in [-0.39, 0.29) is 5.91 Å². The van der Waals surface area contributed by atoms with E-state index in [2.05, 4.69) is 4.42 Å². The first kappa shape index (κ1) is 9.92. The van der Waals surface area contributed by atoms with Crippen LogP contribution in [0.1, 0.15) is 16.8 Å². The van der Waals surface area contributed by atoms with Crippen LogP contribution >= 0.6 is 0 Å². The standard InChI is InChI=1S/C10H11NO4/c12-8-3-4-11(5-8)10(14)7-1-2-9(13)15-6-7/h1-2,6,8,12H,3-5H2/t8-/m0/s1. The van der Waals surface area contributed by atoms with Crippen LogP contribution in [0, 0.1) is 0 Å². The van der Waals surface area contributed by atoms with Gasteiger partial charge in [0.15, 0.2) is 0 Å². The number of amides is 1. The van der Waals surface area contributed by atoms with E-state index in [1.54, 1.807) is 4.90 Å². The number of aliphatic hydroxyl groups is 1. The van der Waals surface area contributed by atoms with Crippen LogP contribution in [0.15, 0.2) is 27.6 Å². The Morgan fingerprint density at radius 1 is 1.53 bits per heavy atom. The second-order valence-corrected chi connectivity index (χ2v) is 3.54. The van der Waals surface area contributed by atoms with E-state index in [0.29, 0.717) is 25.1 Å². The molecule has 1 saturated heterocycles. The molecule has 0 aromatic carbocycles. The van der Waals surface area contributed by atoms with Gasteiger partial charge in [-0.3, -0.25) is 4.79 Å². The maximum atomic E-state index is 11.8.